The van der Waals surface area contributed by atoms with Crippen molar-refractivity contribution in [2.24, 2.45) is 0 Å². The molecule has 0 fully saturated rings. The molecular formula is C21H17N3O3S. The van der Waals surface area contributed by atoms with Gasteiger partial charge in [-0.05, 0) is 41.6 Å². The molecule has 1 heterocycles. The van der Waals surface area contributed by atoms with Gasteiger partial charge in [-0.3, -0.25) is 0 Å². The second-order valence-electron chi connectivity index (χ2n) is 5.96. The smallest absolute Gasteiger partial charge is 0.335 e. The van der Waals surface area contributed by atoms with Crippen LogP contribution >= 0.6 is 11.8 Å². The number of hydrogen-bond donors (Lipinski definition) is 1. The molecule has 0 saturated carbocycles. The van der Waals surface area contributed by atoms with Crippen molar-refractivity contribution >= 4 is 17.7 Å². The summed E-state index contributed by atoms with van der Waals surface area (Å²) in [5, 5.41) is 18.5. The second kappa shape index (κ2) is 9.02. The predicted octanol–water partition coefficient (Wildman–Crippen LogP) is 3.94. The number of carboxylic acid groups (broad SMARTS) is 1. The van der Waals surface area contributed by atoms with E-state index in [4.69, 9.17) is 15.1 Å². The van der Waals surface area contributed by atoms with Gasteiger partial charge in [0.05, 0.1) is 17.2 Å². The molecule has 0 bridgehead atoms. The number of nitriles is 1. The van der Waals surface area contributed by atoms with Gasteiger partial charge in [0.2, 0.25) is 5.88 Å². The summed E-state index contributed by atoms with van der Waals surface area (Å²) in [4.78, 5) is 19.8. The van der Waals surface area contributed by atoms with Crippen molar-refractivity contribution in [2.75, 3.05) is 6.26 Å². The second-order valence-corrected chi connectivity index (χ2v) is 6.74. The van der Waals surface area contributed by atoms with Crippen LogP contribution in [0.4, 0.5) is 0 Å². The summed E-state index contributed by atoms with van der Waals surface area (Å²) in [5.41, 5.74) is 3.53. The van der Waals surface area contributed by atoms with Gasteiger partial charge in [-0.15, -0.1) is 0 Å². The van der Waals surface area contributed by atoms with Crippen LogP contribution in [0.3, 0.4) is 0 Å². The topological polar surface area (TPSA) is 96.1 Å². The average molecular weight is 391 g/mol. The number of thioether (sulfide) groups is 1. The highest BCUT2D eigenvalue weighted by Gasteiger charge is 2.11. The van der Waals surface area contributed by atoms with Crippen molar-refractivity contribution in [1.29, 1.82) is 5.26 Å². The summed E-state index contributed by atoms with van der Waals surface area (Å²) in [6.45, 7) is 0.321. The molecule has 7 heteroatoms. The summed E-state index contributed by atoms with van der Waals surface area (Å²) in [6, 6.07) is 16.0. The standard InChI is InChI=1S/C21H17N3O3S/c1-28-21-23-12-18(10-14-6-8-17(9-7-14)20(25)26)19(24-21)27-13-16-4-2-15(11-22)3-5-16/h2-9,12H,10,13H2,1H3,(H,25,26). The molecule has 0 saturated heterocycles. The van der Waals surface area contributed by atoms with E-state index >= 15 is 0 Å². The maximum absolute atomic E-state index is 11.0. The highest BCUT2D eigenvalue weighted by molar-refractivity contribution is 7.98. The number of ether oxygens (including phenoxy) is 1. The quantitative estimate of drug-likeness (QED) is 0.481. The Morgan fingerprint density at radius 3 is 2.43 bits per heavy atom. The summed E-state index contributed by atoms with van der Waals surface area (Å²) in [6.07, 6.45) is 4.15. The molecular weight excluding hydrogens is 374 g/mol. The lowest BCUT2D eigenvalue weighted by Crippen LogP contribution is -2.04. The highest BCUT2D eigenvalue weighted by atomic mass is 32.2. The Morgan fingerprint density at radius 2 is 1.82 bits per heavy atom. The molecule has 140 valence electrons. The fourth-order valence-electron chi connectivity index (χ4n) is 2.53. The number of aromatic carboxylic acids is 1. The van der Waals surface area contributed by atoms with Gasteiger partial charge < -0.3 is 9.84 Å². The third-order valence-corrected chi connectivity index (χ3v) is 4.60. The van der Waals surface area contributed by atoms with Gasteiger partial charge in [-0.25, -0.2) is 9.78 Å². The zero-order valence-electron chi connectivity index (χ0n) is 15.1. The first-order chi connectivity index (χ1) is 13.6. The van der Waals surface area contributed by atoms with Gasteiger partial charge >= 0.3 is 5.97 Å². The molecule has 0 radical (unpaired) electrons. The van der Waals surface area contributed by atoms with Crippen LogP contribution in [0.2, 0.25) is 0 Å². The molecule has 1 N–H and O–H groups in total. The number of carbonyl (C=O) groups is 1. The minimum atomic E-state index is -0.953. The monoisotopic (exact) mass is 391 g/mol. The molecule has 0 aliphatic carbocycles. The Hall–Kier alpha value is -3.37. The molecule has 3 rings (SSSR count). The number of benzene rings is 2. The molecule has 0 spiro atoms. The molecule has 0 aliphatic heterocycles. The molecule has 28 heavy (non-hydrogen) atoms. The number of rotatable bonds is 7. The molecule has 0 amide bonds. The fourth-order valence-corrected chi connectivity index (χ4v) is 2.87. The molecule has 2 aromatic carbocycles. The molecule has 6 nitrogen and oxygen atoms in total. The van der Waals surface area contributed by atoms with Crippen molar-refractivity contribution in [1.82, 2.24) is 9.97 Å². The normalized spacial score (nSPS) is 10.3. The molecule has 1 aromatic heterocycles. The molecule has 3 aromatic rings. The molecule has 0 unspecified atom stereocenters. The van der Waals surface area contributed by atoms with Gasteiger partial charge in [-0.2, -0.15) is 10.2 Å². The zero-order valence-corrected chi connectivity index (χ0v) is 15.9. The summed E-state index contributed by atoms with van der Waals surface area (Å²) in [7, 11) is 0. The average Bonchev–Trinajstić information content (AvgIpc) is 2.73. The van der Waals surface area contributed by atoms with Crippen molar-refractivity contribution in [3.63, 3.8) is 0 Å². The van der Waals surface area contributed by atoms with Crippen molar-refractivity contribution in [3.05, 3.63) is 82.5 Å². The molecule has 0 atom stereocenters. The number of aromatic nitrogens is 2. The van der Waals surface area contributed by atoms with E-state index in [1.807, 2.05) is 18.4 Å². The van der Waals surface area contributed by atoms with E-state index in [9.17, 15) is 4.79 Å². The van der Waals surface area contributed by atoms with E-state index < -0.39 is 5.97 Å². The van der Waals surface area contributed by atoms with E-state index in [0.29, 0.717) is 29.6 Å². The Labute approximate surface area is 166 Å². The fraction of sp³-hybridized carbons (Fsp3) is 0.143. The first kappa shape index (κ1) is 19.4. The van der Waals surface area contributed by atoms with Gasteiger partial charge in [-0.1, -0.05) is 36.0 Å². The zero-order chi connectivity index (χ0) is 19.9. The summed E-state index contributed by atoms with van der Waals surface area (Å²) in [5.74, 6) is -0.461. The van der Waals surface area contributed by atoms with Crippen LogP contribution in [0.25, 0.3) is 0 Å². The number of hydrogen-bond acceptors (Lipinski definition) is 6. The lowest BCUT2D eigenvalue weighted by atomic mass is 10.1. The van der Waals surface area contributed by atoms with Crippen LogP contribution in [-0.4, -0.2) is 27.3 Å². The Morgan fingerprint density at radius 1 is 1.14 bits per heavy atom. The van der Waals surface area contributed by atoms with E-state index in [2.05, 4.69) is 16.0 Å². The van der Waals surface area contributed by atoms with Gasteiger partial charge in [0.15, 0.2) is 5.16 Å². The first-order valence-electron chi connectivity index (χ1n) is 8.43. The van der Waals surface area contributed by atoms with E-state index in [0.717, 1.165) is 16.7 Å². The predicted molar refractivity (Wildman–Crippen MR) is 106 cm³/mol. The van der Waals surface area contributed by atoms with Crippen LogP contribution in [-0.2, 0) is 13.0 Å². The van der Waals surface area contributed by atoms with Crippen LogP contribution in [0.15, 0.2) is 59.9 Å². The highest BCUT2D eigenvalue weighted by Crippen LogP contribution is 2.23. The number of nitrogens with zero attached hydrogens (tertiary/aromatic N) is 3. The maximum atomic E-state index is 11.0. The van der Waals surface area contributed by atoms with Crippen molar-refractivity contribution < 1.29 is 14.6 Å². The SMILES string of the molecule is CSc1ncc(Cc2ccc(C(=O)O)cc2)c(OCc2ccc(C#N)cc2)n1. The van der Waals surface area contributed by atoms with Crippen LogP contribution in [0.1, 0.15) is 32.6 Å². The Balaban J connectivity index is 1.78. The third-order valence-electron chi connectivity index (χ3n) is 4.04. The van der Waals surface area contributed by atoms with Crippen molar-refractivity contribution in [3.8, 4) is 11.9 Å². The minimum Gasteiger partial charge on any atom is -0.478 e. The van der Waals surface area contributed by atoms with E-state index in [-0.39, 0.29) is 5.56 Å². The van der Waals surface area contributed by atoms with Gasteiger partial charge in [0.25, 0.3) is 0 Å². The lowest BCUT2D eigenvalue weighted by Gasteiger charge is -2.11. The third kappa shape index (κ3) is 4.87. The minimum absolute atomic E-state index is 0.245. The summed E-state index contributed by atoms with van der Waals surface area (Å²) >= 11 is 1.43. The van der Waals surface area contributed by atoms with Crippen LogP contribution in [0.5, 0.6) is 5.88 Å². The van der Waals surface area contributed by atoms with E-state index in [1.165, 1.54) is 11.8 Å². The van der Waals surface area contributed by atoms with E-state index in [1.54, 1.807) is 42.6 Å². The Kier molecular flexibility index (Phi) is 6.25. The molecule has 0 aliphatic rings. The van der Waals surface area contributed by atoms with Gasteiger partial charge in [0.1, 0.15) is 6.61 Å². The van der Waals surface area contributed by atoms with Crippen molar-refractivity contribution in [2.45, 2.75) is 18.2 Å². The van der Waals surface area contributed by atoms with Gasteiger partial charge in [0, 0.05) is 18.2 Å². The maximum Gasteiger partial charge on any atom is 0.335 e. The Bertz CT molecular complexity index is 1010. The summed E-state index contributed by atoms with van der Waals surface area (Å²) < 4.78 is 5.93. The largest absolute Gasteiger partial charge is 0.478 e. The first-order valence-corrected chi connectivity index (χ1v) is 9.65. The lowest BCUT2D eigenvalue weighted by molar-refractivity contribution is 0.0697. The number of carboxylic acids is 1. The van der Waals surface area contributed by atoms with Crippen LogP contribution < -0.4 is 4.74 Å². The van der Waals surface area contributed by atoms with Crippen LogP contribution in [0, 0.1) is 11.3 Å².